The first kappa shape index (κ1) is 17.8. The zero-order valence-electron chi connectivity index (χ0n) is 14.7. The van der Waals surface area contributed by atoms with Crippen LogP contribution >= 0.6 is 23.1 Å². The number of thioether (sulfide) groups is 1. The molecular formula is C20H22N2O2S2. The third-order valence-electron chi connectivity index (χ3n) is 4.65. The lowest BCUT2D eigenvalue weighted by atomic mass is 9.89. The third kappa shape index (κ3) is 3.87. The Bertz CT molecular complexity index is 882. The van der Waals surface area contributed by atoms with Gasteiger partial charge in [0.05, 0.1) is 6.10 Å². The van der Waals surface area contributed by atoms with Gasteiger partial charge in [-0.15, -0.1) is 23.1 Å². The number of aliphatic hydroxyl groups excluding tert-OH is 1. The second kappa shape index (κ2) is 7.94. The van der Waals surface area contributed by atoms with Crippen molar-refractivity contribution < 1.29 is 9.84 Å². The average molecular weight is 387 g/mol. The average Bonchev–Trinajstić information content (AvgIpc) is 3.03. The van der Waals surface area contributed by atoms with Gasteiger partial charge in [-0.05, 0) is 42.9 Å². The Morgan fingerprint density at radius 1 is 1.31 bits per heavy atom. The Balaban J connectivity index is 1.44. The number of aromatic nitrogens is 2. The lowest BCUT2D eigenvalue weighted by Crippen LogP contribution is -2.20. The van der Waals surface area contributed by atoms with Crippen LogP contribution in [-0.2, 0) is 12.8 Å². The van der Waals surface area contributed by atoms with Gasteiger partial charge in [0.15, 0.2) is 0 Å². The third-order valence-corrected chi connectivity index (χ3v) is 6.95. The summed E-state index contributed by atoms with van der Waals surface area (Å²) in [7, 11) is 0. The van der Waals surface area contributed by atoms with Gasteiger partial charge in [0.2, 0.25) is 0 Å². The molecule has 4 rings (SSSR count). The van der Waals surface area contributed by atoms with Crippen LogP contribution in [0.4, 0.5) is 0 Å². The highest BCUT2D eigenvalue weighted by molar-refractivity contribution is 7.99. The summed E-state index contributed by atoms with van der Waals surface area (Å²) in [5, 5.41) is 12.5. The first-order chi connectivity index (χ1) is 12.7. The molecule has 136 valence electrons. The van der Waals surface area contributed by atoms with Crippen molar-refractivity contribution in [3.05, 3.63) is 47.1 Å². The molecule has 2 aromatic heterocycles. The number of ether oxygens (including phenoxy) is 1. The Kier molecular flexibility index (Phi) is 5.43. The lowest BCUT2D eigenvalue weighted by Gasteiger charge is -2.18. The van der Waals surface area contributed by atoms with Gasteiger partial charge in [-0.25, -0.2) is 9.97 Å². The summed E-state index contributed by atoms with van der Waals surface area (Å²) in [5.74, 6) is 2.08. The number of hydrogen-bond donors (Lipinski definition) is 1. The number of rotatable bonds is 6. The number of aliphatic hydroxyl groups is 1. The number of benzene rings is 1. The number of thiophene rings is 1. The molecular weight excluding hydrogens is 364 g/mol. The second-order valence-electron chi connectivity index (χ2n) is 6.80. The quantitative estimate of drug-likeness (QED) is 0.504. The largest absolute Gasteiger partial charge is 0.491 e. The van der Waals surface area contributed by atoms with Gasteiger partial charge in [-0.3, -0.25) is 0 Å². The molecule has 1 aliphatic rings. The van der Waals surface area contributed by atoms with Gasteiger partial charge in [0, 0.05) is 16.0 Å². The fraction of sp³-hybridized carbons (Fsp3) is 0.400. The van der Waals surface area contributed by atoms with Crippen LogP contribution < -0.4 is 4.74 Å². The number of fused-ring (bicyclic) bond motifs is 3. The predicted molar refractivity (Wildman–Crippen MR) is 107 cm³/mol. The Labute approximate surface area is 161 Å². The molecule has 4 nitrogen and oxygen atoms in total. The molecule has 2 heterocycles. The molecule has 0 saturated heterocycles. The minimum atomic E-state index is -0.542. The van der Waals surface area contributed by atoms with Crippen LogP contribution in [0.5, 0.6) is 5.75 Å². The molecule has 0 aliphatic heterocycles. The van der Waals surface area contributed by atoms with Crippen LogP contribution in [0, 0.1) is 5.92 Å². The summed E-state index contributed by atoms with van der Waals surface area (Å²) in [6.07, 6.45) is 4.58. The van der Waals surface area contributed by atoms with Crippen molar-refractivity contribution in [3.8, 4) is 5.75 Å². The van der Waals surface area contributed by atoms with Gasteiger partial charge in [0.1, 0.15) is 28.5 Å². The van der Waals surface area contributed by atoms with E-state index in [1.54, 1.807) is 18.1 Å². The molecule has 0 unspecified atom stereocenters. The lowest BCUT2D eigenvalue weighted by molar-refractivity contribution is 0.126. The Morgan fingerprint density at radius 3 is 3.00 bits per heavy atom. The maximum Gasteiger partial charge on any atom is 0.128 e. The number of nitrogens with zero attached hydrogens (tertiary/aromatic N) is 2. The van der Waals surface area contributed by atoms with Gasteiger partial charge < -0.3 is 9.84 Å². The minimum Gasteiger partial charge on any atom is -0.491 e. The summed E-state index contributed by atoms with van der Waals surface area (Å²) in [5.41, 5.74) is 1.43. The molecule has 0 fully saturated rings. The zero-order valence-corrected chi connectivity index (χ0v) is 16.4. The van der Waals surface area contributed by atoms with Crippen molar-refractivity contribution in [2.75, 3.05) is 12.4 Å². The van der Waals surface area contributed by atoms with E-state index in [1.165, 1.54) is 22.2 Å². The predicted octanol–water partition coefficient (Wildman–Crippen LogP) is 4.35. The number of hydrogen-bond acceptors (Lipinski definition) is 6. The molecule has 6 heteroatoms. The van der Waals surface area contributed by atoms with Crippen LogP contribution in [0.3, 0.4) is 0 Å². The molecule has 1 N–H and O–H groups in total. The highest BCUT2D eigenvalue weighted by atomic mass is 32.2. The highest BCUT2D eigenvalue weighted by Crippen LogP contribution is 2.40. The summed E-state index contributed by atoms with van der Waals surface area (Å²) in [6, 6.07) is 9.59. The van der Waals surface area contributed by atoms with E-state index >= 15 is 0 Å². The normalized spacial score (nSPS) is 17.8. The molecule has 0 saturated carbocycles. The van der Waals surface area contributed by atoms with E-state index in [9.17, 15) is 5.11 Å². The number of aryl methyl sites for hydroxylation is 1. The molecule has 0 bridgehead atoms. The van der Waals surface area contributed by atoms with Gasteiger partial charge in [-0.1, -0.05) is 25.1 Å². The Hall–Kier alpha value is -1.63. The van der Waals surface area contributed by atoms with Crippen LogP contribution in [0.25, 0.3) is 10.2 Å². The number of para-hydroxylation sites is 1. The van der Waals surface area contributed by atoms with Crippen molar-refractivity contribution in [2.45, 2.75) is 37.3 Å². The standard InChI is InChI=1S/C20H22N2O2S2/c1-13-7-8-16-17(9-13)26-20-18(16)19(21-12-22-20)25-11-14(23)10-24-15-5-3-2-4-6-15/h2-6,12-14,23H,7-11H2,1H3/t13-,14-/m0/s1. The summed E-state index contributed by atoms with van der Waals surface area (Å²) >= 11 is 3.40. The monoisotopic (exact) mass is 386 g/mol. The van der Waals surface area contributed by atoms with Crippen molar-refractivity contribution in [3.63, 3.8) is 0 Å². The van der Waals surface area contributed by atoms with Crippen molar-refractivity contribution >= 4 is 33.3 Å². The van der Waals surface area contributed by atoms with Gasteiger partial charge >= 0.3 is 0 Å². The minimum absolute atomic E-state index is 0.282. The van der Waals surface area contributed by atoms with E-state index in [0.717, 1.165) is 34.4 Å². The van der Waals surface area contributed by atoms with E-state index in [-0.39, 0.29) is 6.61 Å². The summed E-state index contributed by atoms with van der Waals surface area (Å²) in [4.78, 5) is 11.5. The van der Waals surface area contributed by atoms with E-state index in [1.807, 2.05) is 41.7 Å². The molecule has 0 radical (unpaired) electrons. The molecule has 0 spiro atoms. The maximum absolute atomic E-state index is 10.3. The highest BCUT2D eigenvalue weighted by Gasteiger charge is 2.23. The molecule has 1 aromatic carbocycles. The molecule has 1 aliphatic carbocycles. The molecule has 3 aromatic rings. The van der Waals surface area contributed by atoms with E-state index < -0.39 is 6.10 Å². The van der Waals surface area contributed by atoms with Gasteiger partial charge in [-0.2, -0.15) is 0 Å². The summed E-state index contributed by atoms with van der Waals surface area (Å²) in [6.45, 7) is 2.60. The fourth-order valence-electron chi connectivity index (χ4n) is 3.29. The van der Waals surface area contributed by atoms with Crippen LogP contribution in [0.2, 0.25) is 0 Å². The van der Waals surface area contributed by atoms with Crippen LogP contribution in [0.1, 0.15) is 23.8 Å². The van der Waals surface area contributed by atoms with Crippen molar-refractivity contribution in [2.24, 2.45) is 5.92 Å². The zero-order chi connectivity index (χ0) is 17.9. The first-order valence-electron chi connectivity index (χ1n) is 8.94. The van der Waals surface area contributed by atoms with E-state index in [4.69, 9.17) is 4.74 Å². The fourth-order valence-corrected chi connectivity index (χ4v) is 5.64. The smallest absolute Gasteiger partial charge is 0.128 e. The summed E-state index contributed by atoms with van der Waals surface area (Å²) < 4.78 is 5.64. The Morgan fingerprint density at radius 2 is 2.15 bits per heavy atom. The van der Waals surface area contributed by atoms with Crippen LogP contribution in [-0.4, -0.2) is 33.5 Å². The maximum atomic E-state index is 10.3. The second-order valence-corrected chi connectivity index (χ2v) is 8.89. The first-order valence-corrected chi connectivity index (χ1v) is 10.7. The van der Waals surface area contributed by atoms with Crippen molar-refractivity contribution in [1.29, 1.82) is 0 Å². The van der Waals surface area contributed by atoms with Crippen LogP contribution in [0.15, 0.2) is 41.7 Å². The molecule has 0 amide bonds. The SMILES string of the molecule is C[C@H]1CCc2c(sc3ncnc(SC[C@@H](O)COc4ccccc4)c23)C1. The molecule has 26 heavy (non-hydrogen) atoms. The van der Waals surface area contributed by atoms with E-state index in [2.05, 4.69) is 16.9 Å². The topological polar surface area (TPSA) is 55.2 Å². The van der Waals surface area contributed by atoms with Gasteiger partial charge in [0.25, 0.3) is 0 Å². The van der Waals surface area contributed by atoms with E-state index in [0.29, 0.717) is 5.75 Å². The molecule has 2 atom stereocenters. The van der Waals surface area contributed by atoms with Crippen molar-refractivity contribution in [1.82, 2.24) is 9.97 Å².